The second-order valence-corrected chi connectivity index (χ2v) is 5.16. The maximum Gasteiger partial charge on any atom is 0.229 e. The van der Waals surface area contributed by atoms with E-state index in [-0.39, 0.29) is 11.8 Å². The Morgan fingerprint density at radius 2 is 2.39 bits per heavy atom. The molecule has 0 spiro atoms. The van der Waals surface area contributed by atoms with Crippen LogP contribution in [0.3, 0.4) is 0 Å². The monoisotopic (exact) mass is 313 g/mol. The van der Waals surface area contributed by atoms with Crippen molar-refractivity contribution in [1.29, 1.82) is 0 Å². The molecule has 0 saturated carbocycles. The van der Waals surface area contributed by atoms with E-state index in [1.165, 1.54) is 0 Å². The van der Waals surface area contributed by atoms with Crippen molar-refractivity contribution in [2.45, 2.75) is 12.8 Å². The summed E-state index contributed by atoms with van der Waals surface area (Å²) in [6.07, 6.45) is 1.82. The van der Waals surface area contributed by atoms with E-state index in [0.717, 1.165) is 23.9 Å². The average molecular weight is 314 g/mol. The van der Waals surface area contributed by atoms with Crippen LogP contribution in [0.25, 0.3) is 0 Å². The smallest absolute Gasteiger partial charge is 0.229 e. The normalized spacial score (nSPS) is 19.3. The molecule has 4 nitrogen and oxygen atoms in total. The molecule has 1 N–H and O–H groups in total. The van der Waals surface area contributed by atoms with Crippen molar-refractivity contribution in [2.75, 3.05) is 25.6 Å². The van der Waals surface area contributed by atoms with Gasteiger partial charge in [0.15, 0.2) is 0 Å². The number of hydrogen-bond donors (Lipinski definition) is 1. The molecule has 1 aromatic carbocycles. The molecule has 1 heterocycles. The summed E-state index contributed by atoms with van der Waals surface area (Å²) in [5.41, 5.74) is 0.683. The lowest BCUT2D eigenvalue weighted by atomic mass is 10.0. The molecule has 1 aromatic rings. The molecule has 1 amide bonds. The summed E-state index contributed by atoms with van der Waals surface area (Å²) < 4.78 is 11.4. The van der Waals surface area contributed by atoms with Crippen LogP contribution >= 0.6 is 15.9 Å². The highest BCUT2D eigenvalue weighted by Crippen LogP contribution is 2.28. The number of methoxy groups -OCH3 is 1. The Morgan fingerprint density at radius 1 is 1.56 bits per heavy atom. The Morgan fingerprint density at radius 3 is 3.06 bits per heavy atom. The summed E-state index contributed by atoms with van der Waals surface area (Å²) in [5.74, 6) is 0.580. The molecular formula is C13H16BrNO3. The minimum absolute atomic E-state index is 0.00824. The quantitative estimate of drug-likeness (QED) is 0.933. The lowest BCUT2D eigenvalue weighted by Gasteiger charge is -2.21. The zero-order chi connectivity index (χ0) is 13.0. The van der Waals surface area contributed by atoms with Crippen LogP contribution in [0.5, 0.6) is 5.75 Å². The number of anilines is 1. The minimum atomic E-state index is -0.0672. The lowest BCUT2D eigenvalue weighted by Crippen LogP contribution is -2.30. The fourth-order valence-corrected chi connectivity index (χ4v) is 2.32. The molecule has 0 aliphatic carbocycles. The van der Waals surface area contributed by atoms with E-state index < -0.39 is 0 Å². The number of nitrogens with one attached hydrogen (secondary N) is 1. The molecule has 98 valence electrons. The van der Waals surface area contributed by atoms with Crippen LogP contribution in [-0.2, 0) is 9.53 Å². The molecule has 1 aliphatic rings. The first-order valence-electron chi connectivity index (χ1n) is 5.93. The van der Waals surface area contributed by atoms with Crippen LogP contribution < -0.4 is 10.1 Å². The first kappa shape index (κ1) is 13.4. The molecule has 0 radical (unpaired) electrons. The average Bonchev–Trinajstić information content (AvgIpc) is 2.40. The van der Waals surface area contributed by atoms with E-state index in [2.05, 4.69) is 21.2 Å². The summed E-state index contributed by atoms with van der Waals surface area (Å²) in [4.78, 5) is 12.1. The van der Waals surface area contributed by atoms with Gasteiger partial charge < -0.3 is 14.8 Å². The molecule has 1 saturated heterocycles. The zero-order valence-electron chi connectivity index (χ0n) is 10.2. The highest BCUT2D eigenvalue weighted by molar-refractivity contribution is 9.10. The number of carbonyl (C=O) groups excluding carboxylic acids is 1. The topological polar surface area (TPSA) is 47.6 Å². The minimum Gasteiger partial charge on any atom is -0.495 e. The van der Waals surface area contributed by atoms with Gasteiger partial charge in [0.05, 0.1) is 25.3 Å². The summed E-state index contributed by atoms with van der Waals surface area (Å²) in [6.45, 7) is 1.26. The Balaban J connectivity index is 2.07. The number of ether oxygens (including phenoxy) is 2. The largest absolute Gasteiger partial charge is 0.495 e. The Hall–Kier alpha value is -1.07. The lowest BCUT2D eigenvalue weighted by molar-refractivity contribution is -0.123. The predicted molar refractivity (Wildman–Crippen MR) is 72.9 cm³/mol. The Labute approximate surface area is 115 Å². The van der Waals surface area contributed by atoms with Crippen molar-refractivity contribution in [3.05, 3.63) is 22.7 Å². The fraction of sp³-hybridized carbons (Fsp3) is 0.462. The van der Waals surface area contributed by atoms with Gasteiger partial charge in [-0.05, 0) is 31.0 Å². The van der Waals surface area contributed by atoms with Gasteiger partial charge in [0, 0.05) is 11.1 Å². The highest BCUT2D eigenvalue weighted by Gasteiger charge is 2.22. The maximum atomic E-state index is 12.1. The molecule has 1 atom stereocenters. The van der Waals surface area contributed by atoms with Gasteiger partial charge in [-0.3, -0.25) is 4.79 Å². The molecule has 18 heavy (non-hydrogen) atoms. The van der Waals surface area contributed by atoms with Gasteiger partial charge in [-0.1, -0.05) is 15.9 Å². The summed E-state index contributed by atoms with van der Waals surface area (Å²) >= 11 is 3.38. The number of benzene rings is 1. The molecule has 2 rings (SSSR count). The maximum absolute atomic E-state index is 12.1. The summed E-state index contributed by atoms with van der Waals surface area (Å²) in [5, 5.41) is 2.90. The third kappa shape index (κ3) is 3.23. The first-order chi connectivity index (χ1) is 8.70. The van der Waals surface area contributed by atoms with Crippen molar-refractivity contribution in [1.82, 2.24) is 0 Å². The van der Waals surface area contributed by atoms with Crippen LogP contribution in [0.1, 0.15) is 12.8 Å². The van der Waals surface area contributed by atoms with Gasteiger partial charge >= 0.3 is 0 Å². The van der Waals surface area contributed by atoms with E-state index >= 15 is 0 Å². The SMILES string of the molecule is COc1ccc(Br)cc1NC(=O)C1CCCOC1. The van der Waals surface area contributed by atoms with Gasteiger partial charge in [0.25, 0.3) is 0 Å². The van der Waals surface area contributed by atoms with Crippen molar-refractivity contribution < 1.29 is 14.3 Å². The summed E-state index contributed by atoms with van der Waals surface area (Å²) in [7, 11) is 1.59. The van der Waals surface area contributed by atoms with Crippen molar-refractivity contribution in [3.63, 3.8) is 0 Å². The third-order valence-corrected chi connectivity index (χ3v) is 3.44. The number of halogens is 1. The van der Waals surface area contributed by atoms with E-state index in [4.69, 9.17) is 9.47 Å². The van der Waals surface area contributed by atoms with Crippen LogP contribution in [-0.4, -0.2) is 26.2 Å². The van der Waals surface area contributed by atoms with Crippen molar-refractivity contribution in [2.24, 2.45) is 5.92 Å². The standard InChI is InChI=1S/C13H16BrNO3/c1-17-12-5-4-10(14)7-11(12)15-13(16)9-3-2-6-18-8-9/h4-5,7,9H,2-3,6,8H2,1H3,(H,15,16). The van der Waals surface area contributed by atoms with Crippen LogP contribution in [0.2, 0.25) is 0 Å². The number of hydrogen-bond acceptors (Lipinski definition) is 3. The zero-order valence-corrected chi connectivity index (χ0v) is 11.8. The van der Waals surface area contributed by atoms with Crippen molar-refractivity contribution in [3.8, 4) is 5.75 Å². The molecule has 0 aromatic heterocycles. The first-order valence-corrected chi connectivity index (χ1v) is 6.72. The number of rotatable bonds is 3. The van der Waals surface area contributed by atoms with E-state index in [0.29, 0.717) is 18.0 Å². The van der Waals surface area contributed by atoms with E-state index in [9.17, 15) is 4.79 Å². The molecule has 0 bridgehead atoms. The van der Waals surface area contributed by atoms with Crippen molar-refractivity contribution >= 4 is 27.5 Å². The van der Waals surface area contributed by atoms with Gasteiger partial charge in [0.2, 0.25) is 5.91 Å². The van der Waals surface area contributed by atoms with Gasteiger partial charge in [-0.15, -0.1) is 0 Å². The third-order valence-electron chi connectivity index (χ3n) is 2.95. The molecular weight excluding hydrogens is 298 g/mol. The van der Waals surface area contributed by atoms with E-state index in [1.807, 2.05) is 18.2 Å². The fourth-order valence-electron chi connectivity index (χ4n) is 1.96. The molecule has 1 unspecified atom stereocenters. The van der Waals surface area contributed by atoms with Crippen LogP contribution in [0.15, 0.2) is 22.7 Å². The van der Waals surface area contributed by atoms with Crippen LogP contribution in [0.4, 0.5) is 5.69 Å². The van der Waals surface area contributed by atoms with Crippen LogP contribution in [0, 0.1) is 5.92 Å². The Bertz CT molecular complexity index is 430. The second-order valence-electron chi connectivity index (χ2n) is 4.25. The van der Waals surface area contributed by atoms with Gasteiger partial charge in [-0.25, -0.2) is 0 Å². The predicted octanol–water partition coefficient (Wildman–Crippen LogP) is 2.82. The Kier molecular flexibility index (Phi) is 4.60. The van der Waals surface area contributed by atoms with E-state index in [1.54, 1.807) is 7.11 Å². The summed E-state index contributed by atoms with van der Waals surface area (Å²) in [6, 6.07) is 5.52. The number of amides is 1. The molecule has 1 fully saturated rings. The number of carbonyl (C=O) groups is 1. The second kappa shape index (κ2) is 6.20. The molecule has 1 aliphatic heterocycles. The van der Waals surface area contributed by atoms with Gasteiger partial charge in [-0.2, -0.15) is 0 Å². The molecule has 5 heteroatoms. The highest BCUT2D eigenvalue weighted by atomic mass is 79.9. The van der Waals surface area contributed by atoms with Gasteiger partial charge in [0.1, 0.15) is 5.75 Å².